The second-order valence-electron chi connectivity index (χ2n) is 4.47. The largest absolute Gasteiger partial charge is 0.467 e. The molecule has 0 saturated heterocycles. The van der Waals surface area contributed by atoms with Gasteiger partial charge in [0.15, 0.2) is 6.61 Å². The highest BCUT2D eigenvalue weighted by Crippen LogP contribution is 2.17. The van der Waals surface area contributed by atoms with Gasteiger partial charge in [0.2, 0.25) is 0 Å². The van der Waals surface area contributed by atoms with Crippen LogP contribution < -0.4 is 16.4 Å². The Morgan fingerprint density at radius 1 is 1.13 bits per heavy atom. The quantitative estimate of drug-likeness (QED) is 0.689. The average Bonchev–Trinajstić information content (AvgIpc) is 3.03. The van der Waals surface area contributed by atoms with Crippen LogP contribution in [0.1, 0.15) is 16.1 Å². The minimum atomic E-state index is -1.01. The molecule has 1 heterocycles. The van der Waals surface area contributed by atoms with Crippen molar-refractivity contribution in [3.05, 3.63) is 54.0 Å². The maximum Gasteiger partial charge on any atom is 0.340 e. The Kier molecular flexibility index (Phi) is 5.35. The zero-order valence-corrected chi connectivity index (χ0v) is 12.1. The van der Waals surface area contributed by atoms with E-state index in [0.29, 0.717) is 18.0 Å². The molecule has 0 atom stereocenters. The molecule has 1 aromatic heterocycles. The van der Waals surface area contributed by atoms with Gasteiger partial charge in [-0.15, -0.1) is 0 Å². The highest BCUT2D eigenvalue weighted by Gasteiger charge is 2.15. The number of furan rings is 1. The first kappa shape index (κ1) is 16.1. The van der Waals surface area contributed by atoms with Gasteiger partial charge in [0.1, 0.15) is 5.76 Å². The molecule has 0 aliphatic rings. The number of nitrogens with two attached hydrogens (primary N) is 1. The van der Waals surface area contributed by atoms with Crippen molar-refractivity contribution in [3.8, 4) is 0 Å². The van der Waals surface area contributed by atoms with E-state index in [1.807, 2.05) is 0 Å². The Morgan fingerprint density at radius 2 is 1.91 bits per heavy atom. The lowest BCUT2D eigenvalue weighted by Gasteiger charge is -2.10. The SMILES string of the molecule is NC(=O)NC(=O)COC(=O)c1ccccc1NCc1ccco1. The molecule has 0 saturated carbocycles. The second-order valence-corrected chi connectivity index (χ2v) is 4.47. The molecule has 8 nitrogen and oxygen atoms in total. The Balaban J connectivity index is 1.97. The van der Waals surface area contributed by atoms with E-state index in [1.165, 1.54) is 0 Å². The maximum atomic E-state index is 12.0. The number of para-hydroxylation sites is 1. The van der Waals surface area contributed by atoms with Crippen molar-refractivity contribution < 1.29 is 23.5 Å². The molecule has 0 aliphatic carbocycles. The van der Waals surface area contributed by atoms with Crippen LogP contribution in [0.15, 0.2) is 47.1 Å². The summed E-state index contributed by atoms with van der Waals surface area (Å²) in [5, 5.41) is 4.85. The van der Waals surface area contributed by atoms with Gasteiger partial charge in [0.05, 0.1) is 18.4 Å². The first-order chi connectivity index (χ1) is 11.1. The predicted octanol–water partition coefficient (Wildman–Crippen LogP) is 1.24. The summed E-state index contributed by atoms with van der Waals surface area (Å²) in [6.45, 7) is -0.215. The van der Waals surface area contributed by atoms with Gasteiger partial charge in [-0.25, -0.2) is 9.59 Å². The first-order valence-electron chi connectivity index (χ1n) is 6.68. The summed E-state index contributed by atoms with van der Waals surface area (Å²) < 4.78 is 10.0. The summed E-state index contributed by atoms with van der Waals surface area (Å²) in [5.41, 5.74) is 5.58. The molecule has 23 heavy (non-hydrogen) atoms. The Bertz CT molecular complexity index is 697. The predicted molar refractivity (Wildman–Crippen MR) is 80.5 cm³/mol. The van der Waals surface area contributed by atoms with Crippen LogP contribution in [0.2, 0.25) is 0 Å². The van der Waals surface area contributed by atoms with E-state index in [-0.39, 0.29) is 5.56 Å². The van der Waals surface area contributed by atoms with E-state index in [2.05, 4.69) is 5.32 Å². The zero-order valence-electron chi connectivity index (χ0n) is 12.1. The summed E-state index contributed by atoms with van der Waals surface area (Å²) in [7, 11) is 0. The number of primary amides is 1. The smallest absolute Gasteiger partial charge is 0.340 e. The first-order valence-corrected chi connectivity index (χ1v) is 6.68. The molecule has 1 aromatic carbocycles. The molecule has 120 valence electrons. The van der Waals surface area contributed by atoms with Gasteiger partial charge in [0, 0.05) is 5.69 Å². The molecule has 2 rings (SSSR count). The number of anilines is 1. The zero-order chi connectivity index (χ0) is 16.7. The maximum absolute atomic E-state index is 12.0. The third-order valence-corrected chi connectivity index (χ3v) is 2.78. The number of carbonyl (C=O) groups excluding carboxylic acids is 3. The van der Waals surface area contributed by atoms with E-state index in [4.69, 9.17) is 14.9 Å². The Morgan fingerprint density at radius 3 is 2.61 bits per heavy atom. The van der Waals surface area contributed by atoms with Crippen LogP contribution in [0.3, 0.4) is 0 Å². The van der Waals surface area contributed by atoms with Crippen LogP contribution in [-0.4, -0.2) is 24.5 Å². The third-order valence-electron chi connectivity index (χ3n) is 2.78. The molecule has 0 aliphatic heterocycles. The van der Waals surface area contributed by atoms with Crippen molar-refractivity contribution in [1.82, 2.24) is 5.32 Å². The van der Waals surface area contributed by atoms with E-state index < -0.39 is 24.5 Å². The molecule has 8 heteroatoms. The molecule has 0 spiro atoms. The van der Waals surface area contributed by atoms with E-state index in [1.54, 1.807) is 48.0 Å². The van der Waals surface area contributed by atoms with Crippen LogP contribution in [0.25, 0.3) is 0 Å². The van der Waals surface area contributed by atoms with Gasteiger partial charge in [-0.2, -0.15) is 0 Å². The fourth-order valence-corrected chi connectivity index (χ4v) is 1.79. The van der Waals surface area contributed by atoms with Crippen LogP contribution in [0.5, 0.6) is 0 Å². The number of carbonyl (C=O) groups is 3. The average molecular weight is 317 g/mol. The summed E-state index contributed by atoms with van der Waals surface area (Å²) in [6, 6.07) is 9.21. The number of imide groups is 1. The monoisotopic (exact) mass is 317 g/mol. The Labute approximate surface area is 131 Å². The molecule has 0 fully saturated rings. The lowest BCUT2D eigenvalue weighted by molar-refractivity contribution is -0.123. The van der Waals surface area contributed by atoms with Gasteiger partial charge in [-0.1, -0.05) is 12.1 Å². The molecular weight excluding hydrogens is 302 g/mol. The number of ether oxygens (including phenoxy) is 1. The lowest BCUT2D eigenvalue weighted by atomic mass is 10.2. The van der Waals surface area contributed by atoms with Crippen molar-refractivity contribution in [2.45, 2.75) is 6.54 Å². The molecule has 0 bridgehead atoms. The Hall–Kier alpha value is -3.29. The molecule has 2 aromatic rings. The van der Waals surface area contributed by atoms with Crippen molar-refractivity contribution in [3.63, 3.8) is 0 Å². The third kappa shape index (κ3) is 4.88. The molecule has 0 radical (unpaired) electrons. The van der Waals surface area contributed by atoms with Crippen LogP contribution in [-0.2, 0) is 16.1 Å². The molecular formula is C15H15N3O5. The number of nitrogens with one attached hydrogen (secondary N) is 2. The highest BCUT2D eigenvalue weighted by molar-refractivity contribution is 5.98. The van der Waals surface area contributed by atoms with Crippen molar-refractivity contribution in [2.75, 3.05) is 11.9 Å². The molecule has 4 N–H and O–H groups in total. The van der Waals surface area contributed by atoms with Gasteiger partial charge in [-0.05, 0) is 24.3 Å². The summed E-state index contributed by atoms with van der Waals surface area (Å²) >= 11 is 0. The number of hydrogen-bond acceptors (Lipinski definition) is 6. The second kappa shape index (κ2) is 7.64. The van der Waals surface area contributed by atoms with Crippen LogP contribution in [0, 0.1) is 0 Å². The standard InChI is InChI=1S/C15H15N3O5/c16-15(21)18-13(19)9-23-14(20)11-5-1-2-6-12(11)17-8-10-4-3-7-22-10/h1-7,17H,8-9H2,(H3,16,18,19,21). The van der Waals surface area contributed by atoms with E-state index in [0.717, 1.165) is 0 Å². The number of amides is 3. The molecule has 3 amide bonds. The lowest BCUT2D eigenvalue weighted by Crippen LogP contribution is -2.37. The van der Waals surface area contributed by atoms with Gasteiger partial charge in [-0.3, -0.25) is 10.1 Å². The summed E-state index contributed by atoms with van der Waals surface area (Å²) in [6.07, 6.45) is 1.55. The summed E-state index contributed by atoms with van der Waals surface area (Å²) in [5.74, 6) is -0.798. The van der Waals surface area contributed by atoms with Crippen LogP contribution >= 0.6 is 0 Å². The van der Waals surface area contributed by atoms with E-state index >= 15 is 0 Å². The fourth-order valence-electron chi connectivity index (χ4n) is 1.79. The van der Waals surface area contributed by atoms with Crippen molar-refractivity contribution in [1.29, 1.82) is 0 Å². The number of benzene rings is 1. The topological polar surface area (TPSA) is 124 Å². The number of rotatable bonds is 6. The van der Waals surface area contributed by atoms with Gasteiger partial charge in [0.25, 0.3) is 5.91 Å². The normalized spacial score (nSPS) is 9.91. The number of hydrogen-bond donors (Lipinski definition) is 3. The van der Waals surface area contributed by atoms with Gasteiger partial charge >= 0.3 is 12.0 Å². The minimum Gasteiger partial charge on any atom is -0.467 e. The summed E-state index contributed by atoms with van der Waals surface area (Å²) in [4.78, 5) is 33.8. The number of esters is 1. The molecule has 0 unspecified atom stereocenters. The fraction of sp³-hybridized carbons (Fsp3) is 0.133. The van der Waals surface area contributed by atoms with Crippen LogP contribution in [0.4, 0.5) is 10.5 Å². The minimum absolute atomic E-state index is 0.255. The van der Waals surface area contributed by atoms with Gasteiger partial charge < -0.3 is 20.2 Å². The van der Waals surface area contributed by atoms with Crippen molar-refractivity contribution >= 4 is 23.6 Å². The van der Waals surface area contributed by atoms with E-state index in [9.17, 15) is 14.4 Å². The van der Waals surface area contributed by atoms with Crippen molar-refractivity contribution in [2.24, 2.45) is 5.73 Å². The number of urea groups is 1. The highest BCUT2D eigenvalue weighted by atomic mass is 16.5.